The van der Waals surface area contributed by atoms with E-state index in [9.17, 15) is 0 Å². The SMILES string of the molecule is C#CC(NCCC)Nc1ncnc(NOCC)n1. The minimum atomic E-state index is -0.313. The second-order valence-electron chi connectivity index (χ2n) is 3.37. The number of rotatable bonds is 8. The van der Waals surface area contributed by atoms with Crippen LogP contribution in [-0.2, 0) is 4.84 Å². The van der Waals surface area contributed by atoms with Gasteiger partial charge in [-0.15, -0.1) is 6.42 Å². The molecule has 7 heteroatoms. The first-order valence-electron chi connectivity index (χ1n) is 5.83. The summed E-state index contributed by atoms with van der Waals surface area (Å²) in [5.74, 6) is 3.30. The number of nitrogens with zero attached hydrogens (tertiary/aromatic N) is 3. The van der Waals surface area contributed by atoms with Crippen LogP contribution in [0, 0.1) is 12.3 Å². The Morgan fingerprint density at radius 2 is 2.17 bits per heavy atom. The normalized spacial score (nSPS) is 11.6. The summed E-state index contributed by atoms with van der Waals surface area (Å²) in [4.78, 5) is 17.0. The Labute approximate surface area is 107 Å². The van der Waals surface area contributed by atoms with Gasteiger partial charge in [-0.1, -0.05) is 12.8 Å². The van der Waals surface area contributed by atoms with Gasteiger partial charge in [0.15, 0.2) is 0 Å². The standard InChI is InChI=1S/C11H18N6O/c1-4-7-12-9(5-2)15-10-13-8-14-11(16-10)17-18-6-3/h2,8-9,12H,4,6-7H2,1,3H3,(H2,13,14,15,16,17). The van der Waals surface area contributed by atoms with Crippen molar-refractivity contribution in [3.05, 3.63) is 6.33 Å². The van der Waals surface area contributed by atoms with Gasteiger partial charge in [-0.05, 0) is 19.9 Å². The maximum Gasteiger partial charge on any atom is 0.251 e. The molecule has 0 aliphatic rings. The van der Waals surface area contributed by atoms with Gasteiger partial charge in [-0.25, -0.2) is 10.5 Å². The molecule has 18 heavy (non-hydrogen) atoms. The van der Waals surface area contributed by atoms with E-state index in [-0.39, 0.29) is 6.17 Å². The molecule has 0 aliphatic heterocycles. The number of hydrogen-bond acceptors (Lipinski definition) is 7. The Morgan fingerprint density at radius 1 is 1.39 bits per heavy atom. The maximum atomic E-state index is 5.39. The van der Waals surface area contributed by atoms with Crippen molar-refractivity contribution >= 4 is 11.9 Å². The largest absolute Gasteiger partial charge is 0.328 e. The van der Waals surface area contributed by atoms with Gasteiger partial charge in [0.1, 0.15) is 12.5 Å². The Hall–Kier alpha value is -1.91. The third kappa shape index (κ3) is 4.95. The summed E-state index contributed by atoms with van der Waals surface area (Å²) < 4.78 is 0. The van der Waals surface area contributed by atoms with Crippen LogP contribution in [0.25, 0.3) is 0 Å². The van der Waals surface area contributed by atoms with Gasteiger partial charge >= 0.3 is 0 Å². The van der Waals surface area contributed by atoms with E-state index in [1.807, 2.05) is 6.92 Å². The van der Waals surface area contributed by atoms with Crippen LogP contribution in [-0.4, -0.2) is 34.3 Å². The number of nitrogens with one attached hydrogen (secondary N) is 3. The molecule has 0 saturated carbocycles. The fraction of sp³-hybridized carbons (Fsp3) is 0.545. The van der Waals surface area contributed by atoms with E-state index < -0.39 is 0 Å². The quantitative estimate of drug-likeness (QED) is 0.354. The monoisotopic (exact) mass is 250 g/mol. The molecule has 0 fully saturated rings. The van der Waals surface area contributed by atoms with Crippen LogP contribution < -0.4 is 16.1 Å². The molecular weight excluding hydrogens is 232 g/mol. The highest BCUT2D eigenvalue weighted by molar-refractivity contribution is 5.33. The van der Waals surface area contributed by atoms with Crippen molar-refractivity contribution in [2.45, 2.75) is 26.4 Å². The van der Waals surface area contributed by atoms with Crippen LogP contribution in [0.1, 0.15) is 20.3 Å². The van der Waals surface area contributed by atoms with Crippen LogP contribution in [0.4, 0.5) is 11.9 Å². The van der Waals surface area contributed by atoms with Crippen molar-refractivity contribution < 1.29 is 4.84 Å². The molecule has 0 aliphatic carbocycles. The molecule has 3 N–H and O–H groups in total. The van der Waals surface area contributed by atoms with E-state index in [1.165, 1.54) is 6.33 Å². The van der Waals surface area contributed by atoms with E-state index in [2.05, 4.69) is 43.9 Å². The first-order chi connectivity index (χ1) is 8.80. The minimum Gasteiger partial charge on any atom is -0.328 e. The second kappa shape index (κ2) is 8.22. The Kier molecular flexibility index (Phi) is 6.46. The van der Waals surface area contributed by atoms with Crippen molar-refractivity contribution in [2.24, 2.45) is 0 Å². The summed E-state index contributed by atoms with van der Waals surface area (Å²) in [5.41, 5.74) is 2.59. The predicted octanol–water partition coefficient (Wildman–Crippen LogP) is 0.606. The molecule has 0 saturated heterocycles. The van der Waals surface area contributed by atoms with Gasteiger partial charge in [-0.3, -0.25) is 10.2 Å². The first kappa shape index (κ1) is 14.2. The molecule has 0 spiro atoms. The molecule has 7 nitrogen and oxygen atoms in total. The molecule has 1 aromatic heterocycles. The van der Waals surface area contributed by atoms with Crippen molar-refractivity contribution in [1.29, 1.82) is 0 Å². The molecule has 98 valence electrons. The number of anilines is 2. The summed E-state index contributed by atoms with van der Waals surface area (Å²) >= 11 is 0. The average molecular weight is 250 g/mol. The Balaban J connectivity index is 2.57. The molecule has 1 heterocycles. The summed E-state index contributed by atoms with van der Waals surface area (Å²) in [6, 6.07) is 0. The second-order valence-corrected chi connectivity index (χ2v) is 3.37. The summed E-state index contributed by atoms with van der Waals surface area (Å²) in [5, 5.41) is 6.11. The van der Waals surface area contributed by atoms with E-state index in [4.69, 9.17) is 11.3 Å². The Bertz CT molecular complexity index is 391. The van der Waals surface area contributed by atoms with Crippen molar-refractivity contribution in [3.63, 3.8) is 0 Å². The number of terminal acetylenes is 1. The highest BCUT2D eigenvalue weighted by Gasteiger charge is 2.06. The lowest BCUT2D eigenvalue weighted by molar-refractivity contribution is 0.207. The first-order valence-corrected chi connectivity index (χ1v) is 5.83. The molecular formula is C11H18N6O. The fourth-order valence-electron chi connectivity index (χ4n) is 1.12. The minimum absolute atomic E-state index is 0.313. The van der Waals surface area contributed by atoms with E-state index in [1.54, 1.807) is 0 Å². The third-order valence-electron chi connectivity index (χ3n) is 1.92. The predicted molar refractivity (Wildman–Crippen MR) is 69.6 cm³/mol. The third-order valence-corrected chi connectivity index (χ3v) is 1.92. The van der Waals surface area contributed by atoms with Crippen LogP contribution in [0.2, 0.25) is 0 Å². The Morgan fingerprint density at radius 3 is 2.83 bits per heavy atom. The van der Waals surface area contributed by atoms with Crippen LogP contribution in [0.15, 0.2) is 6.33 Å². The van der Waals surface area contributed by atoms with Crippen molar-refractivity contribution in [3.8, 4) is 12.3 Å². The molecule has 1 rings (SSSR count). The topological polar surface area (TPSA) is 84.0 Å². The highest BCUT2D eigenvalue weighted by atomic mass is 16.6. The zero-order valence-electron chi connectivity index (χ0n) is 10.6. The average Bonchev–Trinajstić information content (AvgIpc) is 2.41. The smallest absolute Gasteiger partial charge is 0.251 e. The van der Waals surface area contributed by atoms with Gasteiger partial charge in [0, 0.05) is 0 Å². The highest BCUT2D eigenvalue weighted by Crippen LogP contribution is 2.02. The lowest BCUT2D eigenvalue weighted by Crippen LogP contribution is -2.36. The fourth-order valence-corrected chi connectivity index (χ4v) is 1.12. The summed E-state index contributed by atoms with van der Waals surface area (Å²) in [6.07, 6.45) is 7.45. The summed E-state index contributed by atoms with van der Waals surface area (Å²) in [6.45, 7) is 5.25. The zero-order valence-corrected chi connectivity index (χ0v) is 10.6. The van der Waals surface area contributed by atoms with Gasteiger partial charge in [0.2, 0.25) is 5.95 Å². The van der Waals surface area contributed by atoms with Crippen LogP contribution in [0.3, 0.4) is 0 Å². The maximum absolute atomic E-state index is 5.39. The van der Waals surface area contributed by atoms with Crippen LogP contribution >= 0.6 is 0 Å². The van der Waals surface area contributed by atoms with E-state index in [0.29, 0.717) is 18.5 Å². The van der Waals surface area contributed by atoms with Crippen molar-refractivity contribution in [1.82, 2.24) is 20.3 Å². The zero-order chi connectivity index (χ0) is 13.2. The van der Waals surface area contributed by atoms with Crippen molar-refractivity contribution in [2.75, 3.05) is 23.9 Å². The number of hydrogen-bond donors (Lipinski definition) is 3. The molecule has 1 aromatic rings. The number of aromatic nitrogens is 3. The molecule has 0 radical (unpaired) electrons. The van der Waals surface area contributed by atoms with Gasteiger partial charge in [0.25, 0.3) is 5.95 Å². The molecule has 1 unspecified atom stereocenters. The van der Waals surface area contributed by atoms with E-state index >= 15 is 0 Å². The van der Waals surface area contributed by atoms with Gasteiger partial charge in [0.05, 0.1) is 6.61 Å². The van der Waals surface area contributed by atoms with Crippen LogP contribution in [0.5, 0.6) is 0 Å². The molecule has 0 aromatic carbocycles. The van der Waals surface area contributed by atoms with Gasteiger partial charge in [-0.2, -0.15) is 9.97 Å². The van der Waals surface area contributed by atoms with E-state index in [0.717, 1.165) is 13.0 Å². The summed E-state index contributed by atoms with van der Waals surface area (Å²) in [7, 11) is 0. The lowest BCUT2D eigenvalue weighted by atomic mass is 10.4. The molecule has 0 bridgehead atoms. The van der Waals surface area contributed by atoms with Gasteiger partial charge < -0.3 is 5.32 Å². The lowest BCUT2D eigenvalue weighted by Gasteiger charge is -2.14. The molecule has 0 amide bonds. The molecule has 1 atom stereocenters.